The number of hydrogen-bond acceptors (Lipinski definition) is 5. The quantitative estimate of drug-likeness (QED) is 0.538. The Kier molecular flexibility index (Phi) is 6.49. The summed E-state index contributed by atoms with van der Waals surface area (Å²) in [6.07, 6.45) is 3.28. The Morgan fingerprint density at radius 1 is 1.06 bits per heavy atom. The molecule has 1 saturated carbocycles. The first kappa shape index (κ1) is 21.3. The van der Waals surface area contributed by atoms with E-state index in [9.17, 15) is 9.90 Å². The van der Waals surface area contributed by atoms with Crippen molar-refractivity contribution in [3.05, 3.63) is 81.7 Å². The molecule has 4 rings (SSSR count). The smallest absolute Gasteiger partial charge is 0.258 e. The molecule has 2 aromatic carbocycles. The van der Waals surface area contributed by atoms with Gasteiger partial charge in [-0.3, -0.25) is 9.36 Å². The standard InChI is InChI=1S/C24H24ClNO5/c1-29-23-12-19(8-9-22(23)31-15-21(27)17-4-5-17)26-11-10-20(13-24(26)28)30-14-16-2-6-18(25)7-3-16/h2-3,6-13,17,21,27H,4-5,14-15H2,1H3/t21-/m1/s1. The molecule has 0 unspecified atom stereocenters. The molecule has 162 valence electrons. The predicted molar refractivity (Wildman–Crippen MR) is 119 cm³/mol. The van der Waals surface area contributed by atoms with Crippen molar-refractivity contribution in [1.82, 2.24) is 4.57 Å². The van der Waals surface area contributed by atoms with E-state index in [1.807, 2.05) is 12.1 Å². The van der Waals surface area contributed by atoms with Crippen molar-refractivity contribution in [3.8, 4) is 22.9 Å². The Bertz CT molecular complexity index is 1090. The zero-order valence-electron chi connectivity index (χ0n) is 17.2. The minimum Gasteiger partial charge on any atom is -0.493 e. The monoisotopic (exact) mass is 441 g/mol. The second-order valence-electron chi connectivity index (χ2n) is 7.54. The first-order valence-corrected chi connectivity index (χ1v) is 10.5. The maximum absolute atomic E-state index is 12.6. The molecule has 0 saturated heterocycles. The van der Waals surface area contributed by atoms with Crippen LogP contribution < -0.4 is 19.8 Å². The van der Waals surface area contributed by atoms with Crippen molar-refractivity contribution < 1.29 is 19.3 Å². The summed E-state index contributed by atoms with van der Waals surface area (Å²) < 4.78 is 18.4. The average Bonchev–Trinajstić information content (AvgIpc) is 3.63. The Hall–Kier alpha value is -2.96. The van der Waals surface area contributed by atoms with Gasteiger partial charge in [-0.1, -0.05) is 23.7 Å². The summed E-state index contributed by atoms with van der Waals surface area (Å²) in [7, 11) is 1.54. The molecule has 1 atom stereocenters. The van der Waals surface area contributed by atoms with Crippen LogP contribution in [0.1, 0.15) is 18.4 Å². The van der Waals surface area contributed by atoms with Gasteiger partial charge in [-0.25, -0.2) is 0 Å². The highest BCUT2D eigenvalue weighted by Crippen LogP contribution is 2.34. The number of aliphatic hydroxyl groups is 1. The summed E-state index contributed by atoms with van der Waals surface area (Å²) in [5.74, 6) is 1.85. The van der Waals surface area contributed by atoms with Crippen LogP contribution in [0.5, 0.6) is 17.2 Å². The SMILES string of the molecule is COc1cc(-n2ccc(OCc3ccc(Cl)cc3)cc2=O)ccc1OC[C@@H](O)C1CC1. The van der Waals surface area contributed by atoms with Crippen molar-refractivity contribution in [2.45, 2.75) is 25.6 Å². The molecule has 0 radical (unpaired) electrons. The highest BCUT2D eigenvalue weighted by atomic mass is 35.5. The number of aromatic nitrogens is 1. The van der Waals surface area contributed by atoms with Crippen molar-refractivity contribution >= 4 is 11.6 Å². The number of aliphatic hydroxyl groups excluding tert-OH is 1. The summed E-state index contributed by atoms with van der Waals surface area (Å²) in [5.41, 5.74) is 1.37. The number of benzene rings is 2. The number of hydrogen-bond donors (Lipinski definition) is 1. The third kappa shape index (κ3) is 5.40. The van der Waals surface area contributed by atoms with Crippen LogP contribution in [0, 0.1) is 5.92 Å². The van der Waals surface area contributed by atoms with E-state index < -0.39 is 6.10 Å². The van der Waals surface area contributed by atoms with E-state index in [1.54, 1.807) is 49.7 Å². The maximum Gasteiger partial charge on any atom is 0.258 e. The zero-order chi connectivity index (χ0) is 21.8. The molecule has 31 heavy (non-hydrogen) atoms. The van der Waals surface area contributed by atoms with Gasteiger partial charge in [0.15, 0.2) is 11.5 Å². The minimum absolute atomic E-state index is 0.222. The lowest BCUT2D eigenvalue weighted by Gasteiger charge is -2.15. The number of pyridine rings is 1. The van der Waals surface area contributed by atoms with Crippen LogP contribution in [0.2, 0.25) is 5.02 Å². The van der Waals surface area contributed by atoms with Gasteiger partial charge in [0.2, 0.25) is 0 Å². The molecular weight excluding hydrogens is 418 g/mol. The number of halogens is 1. The second-order valence-corrected chi connectivity index (χ2v) is 7.97. The summed E-state index contributed by atoms with van der Waals surface area (Å²) in [4.78, 5) is 12.6. The molecule has 7 heteroatoms. The molecular formula is C24H24ClNO5. The van der Waals surface area contributed by atoms with Gasteiger partial charge < -0.3 is 19.3 Å². The Morgan fingerprint density at radius 3 is 2.52 bits per heavy atom. The Balaban J connectivity index is 1.45. The fourth-order valence-corrected chi connectivity index (χ4v) is 3.35. The maximum atomic E-state index is 12.6. The van der Waals surface area contributed by atoms with Gasteiger partial charge in [-0.15, -0.1) is 0 Å². The van der Waals surface area contributed by atoms with E-state index in [1.165, 1.54) is 10.6 Å². The topological polar surface area (TPSA) is 69.9 Å². The number of ether oxygens (including phenoxy) is 3. The van der Waals surface area contributed by atoms with Gasteiger partial charge in [0, 0.05) is 23.4 Å². The lowest BCUT2D eigenvalue weighted by molar-refractivity contribution is 0.0880. The Labute approximate surface area is 185 Å². The van der Waals surface area contributed by atoms with Gasteiger partial charge in [0.05, 0.1) is 18.9 Å². The van der Waals surface area contributed by atoms with Crippen LogP contribution in [0.25, 0.3) is 5.69 Å². The molecule has 1 aliphatic carbocycles. The highest BCUT2D eigenvalue weighted by molar-refractivity contribution is 6.30. The van der Waals surface area contributed by atoms with Crippen LogP contribution >= 0.6 is 11.6 Å². The van der Waals surface area contributed by atoms with Crippen molar-refractivity contribution in [2.75, 3.05) is 13.7 Å². The molecule has 1 fully saturated rings. The third-order valence-corrected chi connectivity index (χ3v) is 5.46. The lowest BCUT2D eigenvalue weighted by atomic mass is 10.2. The van der Waals surface area contributed by atoms with Crippen LogP contribution in [0.3, 0.4) is 0 Å². The van der Waals surface area contributed by atoms with Gasteiger partial charge in [0.1, 0.15) is 19.0 Å². The number of rotatable bonds is 9. The molecule has 3 aromatic rings. The zero-order valence-corrected chi connectivity index (χ0v) is 17.9. The van der Waals surface area contributed by atoms with E-state index in [4.69, 9.17) is 25.8 Å². The minimum atomic E-state index is -0.465. The summed E-state index contributed by atoms with van der Waals surface area (Å²) in [6.45, 7) is 0.563. The third-order valence-electron chi connectivity index (χ3n) is 5.21. The first-order valence-electron chi connectivity index (χ1n) is 10.1. The molecule has 0 spiro atoms. The molecule has 1 heterocycles. The van der Waals surface area contributed by atoms with Crippen LogP contribution in [-0.4, -0.2) is 29.5 Å². The normalized spacial score (nSPS) is 14.2. The molecule has 0 amide bonds. The summed E-state index contributed by atoms with van der Waals surface area (Å²) >= 11 is 5.89. The van der Waals surface area contributed by atoms with E-state index in [2.05, 4.69) is 0 Å². The number of nitrogens with zero attached hydrogens (tertiary/aromatic N) is 1. The van der Waals surface area contributed by atoms with Crippen LogP contribution in [0.15, 0.2) is 65.6 Å². The van der Waals surface area contributed by atoms with Gasteiger partial charge >= 0.3 is 0 Å². The fourth-order valence-electron chi connectivity index (χ4n) is 3.23. The summed E-state index contributed by atoms with van der Waals surface area (Å²) in [5, 5.41) is 10.7. The molecule has 0 aliphatic heterocycles. The molecule has 1 aromatic heterocycles. The van der Waals surface area contributed by atoms with Gasteiger partial charge in [-0.05, 0) is 54.7 Å². The molecule has 1 aliphatic rings. The van der Waals surface area contributed by atoms with Crippen LogP contribution in [0.4, 0.5) is 0 Å². The van der Waals surface area contributed by atoms with E-state index in [0.29, 0.717) is 40.5 Å². The number of methoxy groups -OCH3 is 1. The Morgan fingerprint density at radius 2 is 1.84 bits per heavy atom. The van der Waals surface area contributed by atoms with E-state index in [0.717, 1.165) is 18.4 Å². The largest absolute Gasteiger partial charge is 0.493 e. The van der Waals surface area contributed by atoms with Gasteiger partial charge in [-0.2, -0.15) is 0 Å². The van der Waals surface area contributed by atoms with Crippen molar-refractivity contribution in [2.24, 2.45) is 5.92 Å². The van der Waals surface area contributed by atoms with E-state index in [-0.39, 0.29) is 12.2 Å². The fraction of sp³-hybridized carbons (Fsp3) is 0.292. The molecule has 1 N–H and O–H groups in total. The molecule has 0 bridgehead atoms. The predicted octanol–water partition coefficient (Wildman–Crippen LogP) is 4.23. The van der Waals surface area contributed by atoms with Gasteiger partial charge in [0.25, 0.3) is 5.56 Å². The summed E-state index contributed by atoms with van der Waals surface area (Å²) in [6, 6.07) is 15.8. The molecule has 6 nitrogen and oxygen atoms in total. The second kappa shape index (κ2) is 9.45. The van der Waals surface area contributed by atoms with E-state index >= 15 is 0 Å². The lowest BCUT2D eigenvalue weighted by Crippen LogP contribution is -2.20. The average molecular weight is 442 g/mol. The highest BCUT2D eigenvalue weighted by Gasteiger charge is 2.30. The van der Waals surface area contributed by atoms with Crippen LogP contribution in [-0.2, 0) is 6.61 Å². The van der Waals surface area contributed by atoms with Crippen molar-refractivity contribution in [1.29, 1.82) is 0 Å². The first-order chi connectivity index (χ1) is 15.0. The van der Waals surface area contributed by atoms with Crippen molar-refractivity contribution in [3.63, 3.8) is 0 Å².